The molecule has 5 aromatic rings. The second-order valence-electron chi connectivity index (χ2n) is 7.43. The van der Waals surface area contributed by atoms with Crippen LogP contribution in [-0.4, -0.2) is 21.3 Å². The quantitative estimate of drug-likeness (QED) is 0.206. The first-order valence-corrected chi connectivity index (χ1v) is 11.2. The molecule has 2 N–H and O–H groups in total. The summed E-state index contributed by atoms with van der Waals surface area (Å²) in [5, 5.41) is 16.6. The zero-order chi connectivity index (χ0) is 22.6. The van der Waals surface area contributed by atoms with Crippen molar-refractivity contribution < 1.29 is 5.11 Å². The molecule has 0 aliphatic rings. The van der Waals surface area contributed by atoms with Gasteiger partial charge in [-0.15, -0.1) is 0 Å². The highest BCUT2D eigenvalue weighted by Gasteiger charge is 2.09. The standard InChI is InChI=1S/C27H19BrN4O/c28-21-12-13-22-20(15-21)11-14-26(33)23(22)17-29-32-27-30-24(18-7-3-1-4-8-18)16-25(31-27)19-9-5-2-6-10-19/h1-17,33H,(H,30,31,32). The van der Waals surface area contributed by atoms with Gasteiger partial charge in [-0.1, -0.05) is 88.7 Å². The Kier molecular flexibility index (Phi) is 5.83. The average molecular weight is 495 g/mol. The van der Waals surface area contributed by atoms with E-state index in [1.807, 2.05) is 91.0 Å². The SMILES string of the molecule is Oc1ccc2cc(Br)ccc2c1C=NNc1nc(-c2ccccc2)cc(-c2ccccc2)n1. The van der Waals surface area contributed by atoms with Crippen LogP contribution in [-0.2, 0) is 0 Å². The van der Waals surface area contributed by atoms with Crippen LogP contribution in [0.4, 0.5) is 5.95 Å². The fraction of sp³-hybridized carbons (Fsp3) is 0. The number of phenolic OH excluding ortho intramolecular Hbond substituents is 1. The predicted octanol–water partition coefficient (Wildman–Crippen LogP) is 6.88. The van der Waals surface area contributed by atoms with E-state index in [1.54, 1.807) is 12.3 Å². The van der Waals surface area contributed by atoms with Crippen LogP contribution in [0.3, 0.4) is 0 Å². The maximum atomic E-state index is 10.4. The Morgan fingerprint density at radius 2 is 1.39 bits per heavy atom. The Bertz CT molecular complexity index is 1400. The maximum absolute atomic E-state index is 10.4. The van der Waals surface area contributed by atoms with Gasteiger partial charge in [-0.25, -0.2) is 15.4 Å². The van der Waals surface area contributed by atoms with Gasteiger partial charge in [-0.05, 0) is 35.0 Å². The molecule has 0 fully saturated rings. The summed E-state index contributed by atoms with van der Waals surface area (Å²) in [5.74, 6) is 0.522. The Morgan fingerprint density at radius 1 is 0.758 bits per heavy atom. The Labute approximate surface area is 199 Å². The summed E-state index contributed by atoms with van der Waals surface area (Å²) in [7, 11) is 0. The Hall–Kier alpha value is -4.03. The molecular weight excluding hydrogens is 476 g/mol. The van der Waals surface area contributed by atoms with Crippen molar-refractivity contribution >= 4 is 38.9 Å². The number of aromatic hydroxyl groups is 1. The molecule has 5 rings (SSSR count). The molecule has 0 atom stereocenters. The number of anilines is 1. The van der Waals surface area contributed by atoms with E-state index in [2.05, 4.69) is 36.4 Å². The van der Waals surface area contributed by atoms with Crippen molar-refractivity contribution in [1.82, 2.24) is 9.97 Å². The van der Waals surface area contributed by atoms with Crippen LogP contribution in [0.15, 0.2) is 107 Å². The van der Waals surface area contributed by atoms with E-state index in [0.29, 0.717) is 11.5 Å². The minimum absolute atomic E-state index is 0.152. The number of hydrogen-bond acceptors (Lipinski definition) is 5. The Morgan fingerprint density at radius 3 is 2.03 bits per heavy atom. The number of hydrazone groups is 1. The monoisotopic (exact) mass is 494 g/mol. The van der Waals surface area contributed by atoms with E-state index in [1.165, 1.54) is 0 Å². The number of benzene rings is 4. The number of aromatic nitrogens is 2. The molecular formula is C27H19BrN4O. The zero-order valence-electron chi connectivity index (χ0n) is 17.5. The lowest BCUT2D eigenvalue weighted by atomic mass is 10.0. The molecule has 0 bridgehead atoms. The molecule has 4 aromatic carbocycles. The summed E-state index contributed by atoms with van der Waals surface area (Å²) in [6.45, 7) is 0. The van der Waals surface area contributed by atoms with Crippen molar-refractivity contribution in [3.8, 4) is 28.3 Å². The minimum atomic E-state index is 0.152. The van der Waals surface area contributed by atoms with Crippen molar-refractivity contribution in [1.29, 1.82) is 0 Å². The van der Waals surface area contributed by atoms with Gasteiger partial charge in [0.1, 0.15) is 5.75 Å². The van der Waals surface area contributed by atoms with Gasteiger partial charge in [0, 0.05) is 21.2 Å². The van der Waals surface area contributed by atoms with Crippen LogP contribution < -0.4 is 5.43 Å². The van der Waals surface area contributed by atoms with Crippen molar-refractivity contribution in [3.63, 3.8) is 0 Å². The molecule has 5 nitrogen and oxygen atoms in total. The largest absolute Gasteiger partial charge is 0.507 e. The van der Waals surface area contributed by atoms with Crippen LogP contribution in [0.25, 0.3) is 33.3 Å². The van der Waals surface area contributed by atoms with Crippen LogP contribution in [0, 0.1) is 0 Å². The van der Waals surface area contributed by atoms with Crippen LogP contribution >= 0.6 is 15.9 Å². The van der Waals surface area contributed by atoms with E-state index in [0.717, 1.165) is 37.8 Å². The van der Waals surface area contributed by atoms with Gasteiger partial charge in [0.25, 0.3) is 0 Å². The lowest BCUT2D eigenvalue weighted by Gasteiger charge is -2.09. The number of hydrogen-bond donors (Lipinski definition) is 2. The van der Waals surface area contributed by atoms with Gasteiger partial charge in [0.05, 0.1) is 17.6 Å². The third-order valence-electron chi connectivity index (χ3n) is 5.22. The van der Waals surface area contributed by atoms with E-state index >= 15 is 0 Å². The first-order chi connectivity index (χ1) is 16.2. The van der Waals surface area contributed by atoms with E-state index in [9.17, 15) is 5.11 Å². The molecule has 0 aliphatic carbocycles. The second-order valence-corrected chi connectivity index (χ2v) is 8.34. The van der Waals surface area contributed by atoms with Gasteiger partial charge in [-0.3, -0.25) is 0 Å². The number of halogens is 1. The predicted molar refractivity (Wildman–Crippen MR) is 137 cm³/mol. The van der Waals surface area contributed by atoms with Crippen molar-refractivity contribution in [3.05, 3.63) is 107 Å². The second kappa shape index (κ2) is 9.22. The van der Waals surface area contributed by atoms with Gasteiger partial charge >= 0.3 is 0 Å². The highest BCUT2D eigenvalue weighted by molar-refractivity contribution is 9.10. The highest BCUT2D eigenvalue weighted by Crippen LogP contribution is 2.28. The summed E-state index contributed by atoms with van der Waals surface area (Å²) in [4.78, 5) is 9.30. The molecule has 1 aromatic heterocycles. The number of fused-ring (bicyclic) bond motifs is 1. The maximum Gasteiger partial charge on any atom is 0.244 e. The summed E-state index contributed by atoms with van der Waals surface area (Å²) in [6, 6.07) is 31.3. The molecule has 0 spiro atoms. The van der Waals surface area contributed by atoms with E-state index < -0.39 is 0 Å². The van der Waals surface area contributed by atoms with Crippen LogP contribution in [0.5, 0.6) is 5.75 Å². The molecule has 0 aliphatic heterocycles. The van der Waals surface area contributed by atoms with Gasteiger partial charge < -0.3 is 5.11 Å². The molecule has 1 heterocycles. The first-order valence-electron chi connectivity index (χ1n) is 10.4. The van der Waals surface area contributed by atoms with Crippen LogP contribution in [0.2, 0.25) is 0 Å². The third-order valence-corrected chi connectivity index (χ3v) is 5.72. The van der Waals surface area contributed by atoms with Gasteiger partial charge in [0.15, 0.2) is 0 Å². The zero-order valence-corrected chi connectivity index (χ0v) is 19.1. The number of nitrogens with zero attached hydrogens (tertiary/aromatic N) is 3. The molecule has 0 unspecified atom stereocenters. The smallest absolute Gasteiger partial charge is 0.244 e. The van der Waals surface area contributed by atoms with E-state index in [4.69, 9.17) is 0 Å². The molecule has 0 saturated carbocycles. The normalized spacial score (nSPS) is 11.2. The number of phenols is 1. The molecule has 0 saturated heterocycles. The molecule has 160 valence electrons. The summed E-state index contributed by atoms with van der Waals surface area (Å²) in [5.41, 5.74) is 7.12. The molecule has 0 radical (unpaired) electrons. The molecule has 0 amide bonds. The van der Waals surface area contributed by atoms with Crippen LogP contribution in [0.1, 0.15) is 5.56 Å². The van der Waals surface area contributed by atoms with Gasteiger partial charge in [-0.2, -0.15) is 5.10 Å². The van der Waals surface area contributed by atoms with Crippen molar-refractivity contribution in [2.24, 2.45) is 5.10 Å². The topological polar surface area (TPSA) is 70.4 Å². The Balaban J connectivity index is 1.52. The first kappa shape index (κ1) is 20.8. The molecule has 33 heavy (non-hydrogen) atoms. The number of rotatable bonds is 5. The summed E-state index contributed by atoms with van der Waals surface area (Å²) < 4.78 is 0.973. The summed E-state index contributed by atoms with van der Waals surface area (Å²) in [6.07, 6.45) is 1.59. The fourth-order valence-electron chi connectivity index (χ4n) is 3.61. The lowest BCUT2D eigenvalue weighted by Crippen LogP contribution is -2.00. The lowest BCUT2D eigenvalue weighted by molar-refractivity contribution is 0.475. The van der Waals surface area contributed by atoms with Crippen molar-refractivity contribution in [2.45, 2.75) is 0 Å². The summed E-state index contributed by atoms with van der Waals surface area (Å²) >= 11 is 3.49. The minimum Gasteiger partial charge on any atom is -0.507 e. The van der Waals surface area contributed by atoms with E-state index in [-0.39, 0.29) is 5.75 Å². The number of nitrogens with one attached hydrogen (secondary N) is 1. The van der Waals surface area contributed by atoms with Gasteiger partial charge in [0.2, 0.25) is 5.95 Å². The average Bonchev–Trinajstić information content (AvgIpc) is 2.86. The fourth-order valence-corrected chi connectivity index (χ4v) is 3.99. The third kappa shape index (κ3) is 4.61. The molecule has 6 heteroatoms. The van der Waals surface area contributed by atoms with Crippen molar-refractivity contribution in [2.75, 3.05) is 5.43 Å². The highest BCUT2D eigenvalue weighted by atomic mass is 79.9.